The van der Waals surface area contributed by atoms with Crippen LogP contribution in [-0.4, -0.2) is 55.4 Å². The summed E-state index contributed by atoms with van der Waals surface area (Å²) in [5.41, 5.74) is 2.96. The molecule has 4 rings (SSSR count). The van der Waals surface area contributed by atoms with Crippen LogP contribution in [0.2, 0.25) is 0 Å². The number of imidazole rings is 1. The lowest BCUT2D eigenvalue weighted by atomic mass is 10.0. The minimum atomic E-state index is -3.96. The zero-order valence-electron chi connectivity index (χ0n) is 18.2. The van der Waals surface area contributed by atoms with Crippen LogP contribution in [0.15, 0.2) is 51.8 Å². The fourth-order valence-electron chi connectivity index (χ4n) is 3.83. The first kappa shape index (κ1) is 22.4. The molecule has 0 aromatic carbocycles. The standard InChI is InChI=1S/C21H29N7O3S/c1-14(2)28-13-25-18-20(26-19(27-21(18)28)16-4-3-10-23-12-16)24-11-9-15-5-7-17(8-6-15)31-32(22,29)30/h4-7,12-14,17,19,27H,3,8-11H2,1-2H3,(H,24,26)(H2,22,29,30). The van der Waals surface area contributed by atoms with Gasteiger partial charge in [-0.2, -0.15) is 8.42 Å². The maximum atomic E-state index is 11.1. The molecular weight excluding hydrogens is 430 g/mol. The lowest BCUT2D eigenvalue weighted by Crippen LogP contribution is -2.48. The van der Waals surface area contributed by atoms with Gasteiger partial charge in [0.1, 0.15) is 23.8 Å². The number of dihydropyridines is 1. The molecule has 4 N–H and O–H groups in total. The molecule has 3 heterocycles. The third kappa shape index (κ3) is 5.34. The van der Waals surface area contributed by atoms with E-state index in [9.17, 15) is 8.42 Å². The van der Waals surface area contributed by atoms with E-state index in [1.165, 1.54) is 0 Å². The number of nitrogens with one attached hydrogen (secondary N) is 2. The van der Waals surface area contributed by atoms with Gasteiger partial charge in [0.05, 0.1) is 6.33 Å². The van der Waals surface area contributed by atoms with Gasteiger partial charge in [0.15, 0.2) is 5.84 Å². The molecule has 10 nitrogen and oxygen atoms in total. The summed E-state index contributed by atoms with van der Waals surface area (Å²) < 4.78 is 29.0. The Morgan fingerprint density at radius 3 is 2.84 bits per heavy atom. The van der Waals surface area contributed by atoms with Crippen LogP contribution in [0.5, 0.6) is 0 Å². The number of aromatic nitrogens is 2. The van der Waals surface area contributed by atoms with Crippen LogP contribution in [-0.2, 0) is 14.5 Å². The first-order chi connectivity index (χ1) is 15.3. The van der Waals surface area contributed by atoms with E-state index in [2.05, 4.69) is 45.1 Å². The van der Waals surface area contributed by atoms with Crippen LogP contribution in [0.25, 0.3) is 0 Å². The zero-order chi connectivity index (χ0) is 22.7. The van der Waals surface area contributed by atoms with E-state index < -0.39 is 16.4 Å². The van der Waals surface area contributed by atoms with Gasteiger partial charge in [0.2, 0.25) is 0 Å². The molecule has 1 aliphatic carbocycles. The molecule has 32 heavy (non-hydrogen) atoms. The largest absolute Gasteiger partial charge is 0.346 e. The van der Waals surface area contributed by atoms with E-state index >= 15 is 0 Å². The highest BCUT2D eigenvalue weighted by molar-refractivity contribution is 7.84. The van der Waals surface area contributed by atoms with Gasteiger partial charge in [0.25, 0.3) is 0 Å². The van der Waals surface area contributed by atoms with Crippen molar-refractivity contribution in [3.05, 3.63) is 47.5 Å². The van der Waals surface area contributed by atoms with Crippen LogP contribution in [0, 0.1) is 0 Å². The number of anilines is 1. The number of rotatable bonds is 7. The zero-order valence-corrected chi connectivity index (χ0v) is 19.0. The molecule has 1 aromatic heterocycles. The molecule has 0 amide bonds. The predicted octanol–water partition coefficient (Wildman–Crippen LogP) is 1.82. The molecule has 0 fully saturated rings. The molecule has 172 valence electrons. The quantitative estimate of drug-likeness (QED) is 0.569. The Balaban J connectivity index is 1.47. The van der Waals surface area contributed by atoms with Crippen molar-refractivity contribution in [1.82, 2.24) is 14.9 Å². The number of nitrogens with two attached hydrogens (primary N) is 1. The average Bonchev–Trinajstić information content (AvgIpc) is 3.19. The molecule has 2 unspecified atom stereocenters. The third-order valence-electron chi connectivity index (χ3n) is 5.41. The summed E-state index contributed by atoms with van der Waals surface area (Å²) in [6.07, 6.45) is 12.9. The number of aliphatic imine (C=N–C) groups is 2. The smallest absolute Gasteiger partial charge is 0.333 e. The van der Waals surface area contributed by atoms with Crippen LogP contribution in [0.1, 0.15) is 44.8 Å². The first-order valence-corrected chi connectivity index (χ1v) is 12.2. The Morgan fingerprint density at radius 1 is 1.34 bits per heavy atom. The van der Waals surface area contributed by atoms with Crippen LogP contribution < -0.4 is 15.8 Å². The monoisotopic (exact) mass is 459 g/mol. The molecule has 0 bridgehead atoms. The molecule has 2 atom stereocenters. The minimum Gasteiger partial charge on any atom is -0.346 e. The summed E-state index contributed by atoms with van der Waals surface area (Å²) in [7, 11) is -3.96. The molecule has 0 spiro atoms. The number of hydrogen-bond donors (Lipinski definition) is 3. The molecule has 1 aromatic rings. The fourth-order valence-corrected chi connectivity index (χ4v) is 4.31. The van der Waals surface area contributed by atoms with Crippen molar-refractivity contribution in [3.63, 3.8) is 0 Å². The van der Waals surface area contributed by atoms with Gasteiger partial charge in [0, 0.05) is 30.9 Å². The van der Waals surface area contributed by atoms with Gasteiger partial charge >= 0.3 is 10.3 Å². The molecule has 11 heteroatoms. The highest BCUT2D eigenvalue weighted by Crippen LogP contribution is 2.26. The summed E-state index contributed by atoms with van der Waals surface area (Å²) >= 11 is 0. The molecule has 0 saturated heterocycles. The summed E-state index contributed by atoms with van der Waals surface area (Å²) in [6, 6.07) is 0.262. The Bertz CT molecular complexity index is 1110. The van der Waals surface area contributed by atoms with E-state index in [0.29, 0.717) is 19.4 Å². The SMILES string of the molecule is CC(C)n1cnc2c1NC(C1=CCCN=C1)NC2=NCCC1=CCC(OS(N)(=O)=O)C=C1. The summed E-state index contributed by atoms with van der Waals surface area (Å²) in [5, 5.41) is 11.9. The van der Waals surface area contributed by atoms with Gasteiger partial charge < -0.3 is 15.2 Å². The second-order valence-electron chi connectivity index (χ2n) is 8.17. The second-order valence-corrected chi connectivity index (χ2v) is 9.35. The van der Waals surface area contributed by atoms with Gasteiger partial charge in [-0.15, -0.1) is 0 Å². The second kappa shape index (κ2) is 9.39. The normalized spacial score (nSPS) is 24.1. The van der Waals surface area contributed by atoms with Gasteiger partial charge in [-0.1, -0.05) is 29.9 Å². The summed E-state index contributed by atoms with van der Waals surface area (Å²) in [6.45, 7) is 5.62. The Labute approximate surface area is 188 Å². The van der Waals surface area contributed by atoms with E-state index in [-0.39, 0.29) is 12.2 Å². The van der Waals surface area contributed by atoms with Crippen molar-refractivity contribution < 1.29 is 12.6 Å². The molecule has 2 aliphatic heterocycles. The topological polar surface area (TPSA) is 136 Å². The van der Waals surface area contributed by atoms with Crippen molar-refractivity contribution in [3.8, 4) is 0 Å². The van der Waals surface area contributed by atoms with Crippen LogP contribution in [0.3, 0.4) is 0 Å². The summed E-state index contributed by atoms with van der Waals surface area (Å²) in [5.74, 6) is 1.70. The third-order valence-corrected chi connectivity index (χ3v) is 5.93. The fraction of sp³-hybridized carbons (Fsp3) is 0.476. The molecule has 3 aliphatic rings. The van der Waals surface area contributed by atoms with Crippen molar-refractivity contribution >= 4 is 28.2 Å². The van der Waals surface area contributed by atoms with Crippen molar-refractivity contribution in [2.24, 2.45) is 15.1 Å². The predicted molar refractivity (Wildman–Crippen MR) is 125 cm³/mol. The van der Waals surface area contributed by atoms with E-state index in [1.54, 1.807) is 6.08 Å². The lowest BCUT2D eigenvalue weighted by molar-refractivity contribution is 0.257. The van der Waals surface area contributed by atoms with Crippen LogP contribution >= 0.6 is 0 Å². The number of hydrogen-bond acceptors (Lipinski definition) is 7. The Hall–Kier alpha value is -2.76. The molecule has 0 saturated carbocycles. The molecular formula is C21H29N7O3S. The average molecular weight is 460 g/mol. The van der Waals surface area contributed by atoms with E-state index in [1.807, 2.05) is 24.7 Å². The van der Waals surface area contributed by atoms with E-state index in [0.717, 1.165) is 41.5 Å². The van der Waals surface area contributed by atoms with Gasteiger partial charge in [-0.3, -0.25) is 14.2 Å². The lowest BCUT2D eigenvalue weighted by Gasteiger charge is -2.30. The Morgan fingerprint density at radius 2 is 2.19 bits per heavy atom. The highest BCUT2D eigenvalue weighted by Gasteiger charge is 2.29. The Kier molecular flexibility index (Phi) is 6.58. The van der Waals surface area contributed by atoms with Crippen molar-refractivity contribution in [2.45, 2.75) is 51.4 Å². The number of amidine groups is 1. The molecule has 0 radical (unpaired) electrons. The van der Waals surface area contributed by atoms with Gasteiger partial charge in [-0.05, 0) is 33.1 Å². The van der Waals surface area contributed by atoms with Gasteiger partial charge in [-0.25, -0.2) is 10.1 Å². The maximum absolute atomic E-state index is 11.1. The highest BCUT2D eigenvalue weighted by atomic mass is 32.2. The number of fused-ring (bicyclic) bond motifs is 1. The number of allylic oxidation sites excluding steroid dienone is 1. The number of nitrogens with zero attached hydrogens (tertiary/aromatic N) is 4. The van der Waals surface area contributed by atoms with Crippen molar-refractivity contribution in [2.75, 3.05) is 18.4 Å². The summed E-state index contributed by atoms with van der Waals surface area (Å²) in [4.78, 5) is 13.8. The minimum absolute atomic E-state index is 0.121. The van der Waals surface area contributed by atoms with Crippen LogP contribution in [0.4, 0.5) is 5.82 Å². The maximum Gasteiger partial charge on any atom is 0.333 e. The van der Waals surface area contributed by atoms with Crippen molar-refractivity contribution in [1.29, 1.82) is 0 Å². The van der Waals surface area contributed by atoms with E-state index in [4.69, 9.17) is 14.3 Å². The first-order valence-electron chi connectivity index (χ1n) is 10.7.